The molecule has 0 spiro atoms. The van der Waals surface area contributed by atoms with Gasteiger partial charge in [0.25, 0.3) is 5.56 Å². The van der Waals surface area contributed by atoms with E-state index in [4.69, 9.17) is 0 Å². The van der Waals surface area contributed by atoms with Crippen molar-refractivity contribution in [2.45, 2.75) is 0 Å². The smallest absolute Gasteiger partial charge is 0.314 e. The molecule has 0 saturated heterocycles. The number of aromatic nitrogens is 2. The average molecular weight is 176 g/mol. The van der Waals surface area contributed by atoms with Gasteiger partial charge < -0.3 is 4.98 Å². The first kappa shape index (κ1) is 8.20. The van der Waals surface area contributed by atoms with Crippen molar-refractivity contribution in [3.05, 3.63) is 33.1 Å². The number of hydrogen-bond donors (Lipinski definition) is 2. The zero-order chi connectivity index (χ0) is 5.98. The summed E-state index contributed by atoms with van der Waals surface area (Å²) in [4.78, 5) is 24.7. The normalized spacial score (nSPS) is 8.00. The summed E-state index contributed by atoms with van der Waals surface area (Å²) in [6, 6.07) is 1.24. The Balaban J connectivity index is 0.000000640. The van der Waals surface area contributed by atoms with Crippen molar-refractivity contribution in [2.75, 3.05) is 0 Å². The molecule has 4 nitrogen and oxygen atoms in total. The van der Waals surface area contributed by atoms with E-state index in [0.29, 0.717) is 0 Å². The van der Waals surface area contributed by atoms with Crippen LogP contribution in [0.1, 0.15) is 0 Å². The average Bonchev–Trinajstić information content (AvgIpc) is 1.64. The van der Waals surface area contributed by atoms with E-state index in [1.165, 1.54) is 12.3 Å². The summed E-state index contributed by atoms with van der Waals surface area (Å²) in [5.74, 6) is 0. The Morgan fingerprint density at radius 1 is 1.33 bits per heavy atom. The van der Waals surface area contributed by atoms with Gasteiger partial charge in [-0.25, -0.2) is 4.79 Å². The third-order valence-corrected chi connectivity index (χ3v) is 0.686. The molecule has 53 valence electrons. The molecule has 0 aliphatic heterocycles. The van der Waals surface area contributed by atoms with Crippen LogP contribution in [0.15, 0.2) is 21.9 Å². The van der Waals surface area contributed by atoms with Crippen LogP contribution in [0, 0.1) is 0 Å². The van der Waals surface area contributed by atoms with Gasteiger partial charge in [-0.05, 0) is 0 Å². The topological polar surface area (TPSA) is 65.7 Å². The summed E-state index contributed by atoms with van der Waals surface area (Å²) in [7, 11) is 0. The Labute approximate surface area is 60.8 Å². The van der Waals surface area contributed by atoms with Crippen molar-refractivity contribution in [3.8, 4) is 0 Å². The van der Waals surface area contributed by atoms with Gasteiger partial charge in [0, 0.05) is 29.3 Å². The predicted octanol–water partition coefficient (Wildman–Crippen LogP) is -0.939. The van der Waals surface area contributed by atoms with Gasteiger partial charge in [-0.15, -0.1) is 0 Å². The standard InChI is InChI=1S/C4H4N2O2.Cu/c7-3-1-2-5-4(8)6-3;/h1-2H,(H2,5,6,7,8);. The summed E-state index contributed by atoms with van der Waals surface area (Å²) in [5.41, 5.74) is -0.855. The van der Waals surface area contributed by atoms with Crippen molar-refractivity contribution in [1.82, 2.24) is 9.97 Å². The van der Waals surface area contributed by atoms with Crippen LogP contribution >= 0.6 is 0 Å². The third-order valence-electron chi connectivity index (χ3n) is 0.686. The van der Waals surface area contributed by atoms with Crippen molar-refractivity contribution in [1.29, 1.82) is 0 Å². The third kappa shape index (κ3) is 2.30. The number of hydrogen-bond acceptors (Lipinski definition) is 2. The van der Waals surface area contributed by atoms with E-state index in [0.717, 1.165) is 0 Å². The largest absolute Gasteiger partial charge is 0.325 e. The molecule has 0 saturated carbocycles. The fourth-order valence-electron chi connectivity index (χ4n) is 0.383. The molecular weight excluding hydrogens is 172 g/mol. The second-order valence-corrected chi connectivity index (χ2v) is 1.30. The van der Waals surface area contributed by atoms with Crippen LogP contribution in [0.5, 0.6) is 0 Å². The van der Waals surface area contributed by atoms with Gasteiger partial charge in [0.1, 0.15) is 0 Å². The maximum absolute atomic E-state index is 10.2. The van der Waals surface area contributed by atoms with E-state index < -0.39 is 5.69 Å². The molecule has 1 radical (unpaired) electrons. The SMILES string of the molecule is O=c1cc[nH]c(=O)[nH]1.[Cu]. The summed E-state index contributed by atoms with van der Waals surface area (Å²) in [5, 5.41) is 0. The van der Waals surface area contributed by atoms with Crippen LogP contribution in [-0.4, -0.2) is 9.97 Å². The summed E-state index contributed by atoms with van der Waals surface area (Å²) < 4.78 is 0. The molecule has 0 aromatic carbocycles. The molecule has 1 aromatic heterocycles. The van der Waals surface area contributed by atoms with Gasteiger partial charge in [-0.2, -0.15) is 0 Å². The summed E-state index contributed by atoms with van der Waals surface area (Å²) in [6.45, 7) is 0. The summed E-state index contributed by atoms with van der Waals surface area (Å²) in [6.07, 6.45) is 1.29. The first-order valence-electron chi connectivity index (χ1n) is 2.07. The molecule has 2 N–H and O–H groups in total. The van der Waals surface area contributed by atoms with Crippen LogP contribution in [-0.2, 0) is 17.1 Å². The second-order valence-electron chi connectivity index (χ2n) is 1.30. The molecule has 1 heterocycles. The van der Waals surface area contributed by atoms with Gasteiger partial charge >= 0.3 is 5.69 Å². The molecule has 5 heteroatoms. The molecule has 0 aliphatic rings. The Bertz CT molecular complexity index is 251. The fourth-order valence-corrected chi connectivity index (χ4v) is 0.383. The molecule has 1 rings (SSSR count). The van der Waals surface area contributed by atoms with Crippen LogP contribution in [0.25, 0.3) is 0 Å². The van der Waals surface area contributed by atoms with Crippen LogP contribution < -0.4 is 11.2 Å². The number of nitrogens with one attached hydrogen (secondary N) is 2. The van der Waals surface area contributed by atoms with Crippen LogP contribution in [0.4, 0.5) is 0 Å². The zero-order valence-corrected chi connectivity index (χ0v) is 5.21. The van der Waals surface area contributed by atoms with Gasteiger partial charge in [0.05, 0.1) is 0 Å². The van der Waals surface area contributed by atoms with E-state index >= 15 is 0 Å². The molecule has 0 fully saturated rings. The van der Waals surface area contributed by atoms with Crippen molar-refractivity contribution < 1.29 is 17.1 Å². The fraction of sp³-hybridized carbons (Fsp3) is 0. The molecule has 0 amide bonds. The van der Waals surface area contributed by atoms with Crippen LogP contribution in [0.2, 0.25) is 0 Å². The number of rotatable bonds is 0. The molecule has 0 atom stereocenters. The summed E-state index contributed by atoms with van der Waals surface area (Å²) >= 11 is 0. The van der Waals surface area contributed by atoms with Crippen molar-refractivity contribution >= 4 is 0 Å². The van der Waals surface area contributed by atoms with E-state index in [2.05, 4.69) is 4.98 Å². The van der Waals surface area contributed by atoms with Gasteiger partial charge in [0.2, 0.25) is 0 Å². The van der Waals surface area contributed by atoms with E-state index in [1.54, 1.807) is 0 Å². The Hall–Kier alpha value is -0.801. The van der Waals surface area contributed by atoms with E-state index in [9.17, 15) is 9.59 Å². The molecule has 0 aliphatic carbocycles. The van der Waals surface area contributed by atoms with Crippen molar-refractivity contribution in [2.24, 2.45) is 0 Å². The molecule has 1 aromatic rings. The predicted molar refractivity (Wildman–Crippen MR) is 27.7 cm³/mol. The maximum Gasteiger partial charge on any atom is 0.325 e. The molecule has 0 unspecified atom stereocenters. The molecular formula is C4H4CuN2O2. The first-order chi connectivity index (χ1) is 3.79. The minimum atomic E-state index is -0.475. The zero-order valence-electron chi connectivity index (χ0n) is 4.27. The second kappa shape index (κ2) is 3.27. The minimum absolute atomic E-state index is 0. The van der Waals surface area contributed by atoms with Gasteiger partial charge in [0.15, 0.2) is 0 Å². The monoisotopic (exact) mass is 175 g/mol. The van der Waals surface area contributed by atoms with E-state index in [1.807, 2.05) is 4.98 Å². The van der Waals surface area contributed by atoms with Gasteiger partial charge in [-0.3, -0.25) is 9.78 Å². The first-order valence-corrected chi connectivity index (χ1v) is 2.07. The van der Waals surface area contributed by atoms with Crippen LogP contribution in [0.3, 0.4) is 0 Å². The van der Waals surface area contributed by atoms with Crippen molar-refractivity contribution in [3.63, 3.8) is 0 Å². The quantitative estimate of drug-likeness (QED) is 0.500. The Morgan fingerprint density at radius 3 is 2.33 bits per heavy atom. The van der Waals surface area contributed by atoms with E-state index in [-0.39, 0.29) is 22.6 Å². The minimum Gasteiger partial charge on any atom is -0.314 e. The Kier molecular flexibility index (Phi) is 2.98. The molecule has 0 bridgehead atoms. The number of H-pyrrole nitrogens is 2. The number of aromatic amines is 2. The Morgan fingerprint density at radius 2 is 2.00 bits per heavy atom. The maximum atomic E-state index is 10.2. The molecule has 9 heavy (non-hydrogen) atoms. The van der Waals surface area contributed by atoms with Gasteiger partial charge in [-0.1, -0.05) is 0 Å².